The Bertz CT molecular complexity index is 338. The van der Waals surface area contributed by atoms with E-state index in [1.165, 1.54) is 0 Å². The zero-order chi connectivity index (χ0) is 11.8. The van der Waals surface area contributed by atoms with Crippen molar-refractivity contribution in [2.45, 2.75) is 26.4 Å². The van der Waals surface area contributed by atoms with Crippen LogP contribution in [0.1, 0.15) is 19.4 Å². The lowest BCUT2D eigenvalue weighted by Crippen LogP contribution is -2.13. The molecule has 0 spiro atoms. The molecule has 0 aliphatic carbocycles. The number of hydrogen-bond donors (Lipinski definition) is 1. The quantitative estimate of drug-likeness (QED) is 0.746. The van der Waals surface area contributed by atoms with Gasteiger partial charge in [0.15, 0.2) is 0 Å². The summed E-state index contributed by atoms with van der Waals surface area (Å²) in [7, 11) is 0. The molecule has 0 aliphatic rings. The van der Waals surface area contributed by atoms with Crippen LogP contribution in [0.15, 0.2) is 24.3 Å². The molecule has 0 bridgehead atoms. The Morgan fingerprint density at radius 1 is 1.31 bits per heavy atom. The third-order valence-corrected chi connectivity index (χ3v) is 2.12. The highest BCUT2D eigenvalue weighted by atomic mass is 16.5. The van der Waals surface area contributed by atoms with Gasteiger partial charge in [-0.15, -0.1) is 0 Å². The van der Waals surface area contributed by atoms with Crippen LogP contribution in [0.3, 0.4) is 0 Å². The molecule has 1 aromatic rings. The van der Waals surface area contributed by atoms with Crippen molar-refractivity contribution in [2.24, 2.45) is 0 Å². The third kappa shape index (κ3) is 4.81. The van der Waals surface area contributed by atoms with Crippen molar-refractivity contribution in [1.82, 2.24) is 0 Å². The summed E-state index contributed by atoms with van der Waals surface area (Å²) >= 11 is 0. The van der Waals surface area contributed by atoms with Crippen LogP contribution in [-0.4, -0.2) is 19.3 Å². The maximum Gasteiger partial charge on any atom is 0.0669 e. The molecular weight excluding hydrogens is 200 g/mol. The molecule has 3 nitrogen and oxygen atoms in total. The zero-order valence-corrected chi connectivity index (χ0v) is 9.86. The Morgan fingerprint density at radius 2 is 2.00 bits per heavy atom. The van der Waals surface area contributed by atoms with E-state index in [-0.39, 0.29) is 6.10 Å². The molecule has 0 aliphatic heterocycles. The van der Waals surface area contributed by atoms with Gasteiger partial charge in [0.05, 0.1) is 25.2 Å². The van der Waals surface area contributed by atoms with Gasteiger partial charge in [0.2, 0.25) is 0 Å². The van der Waals surface area contributed by atoms with Gasteiger partial charge in [0.25, 0.3) is 0 Å². The molecule has 0 heterocycles. The average Bonchev–Trinajstić information content (AvgIpc) is 2.27. The third-order valence-electron chi connectivity index (χ3n) is 2.12. The largest absolute Gasteiger partial charge is 0.383 e. The Kier molecular flexibility index (Phi) is 5.38. The molecule has 0 atom stereocenters. The highest BCUT2D eigenvalue weighted by Crippen LogP contribution is 2.09. The maximum atomic E-state index is 8.53. The number of nitrogens with zero attached hydrogens (tertiary/aromatic N) is 1. The first-order valence-corrected chi connectivity index (χ1v) is 5.53. The SMILES string of the molecule is CC(C)OCCNc1ccc(CC#N)cc1. The fourth-order valence-corrected chi connectivity index (χ4v) is 1.32. The predicted molar refractivity (Wildman–Crippen MR) is 65.3 cm³/mol. The minimum absolute atomic E-state index is 0.278. The molecule has 3 heteroatoms. The Labute approximate surface area is 97.0 Å². The first kappa shape index (κ1) is 12.5. The summed E-state index contributed by atoms with van der Waals surface area (Å²) in [6.45, 7) is 5.56. The summed E-state index contributed by atoms with van der Waals surface area (Å²) in [5.74, 6) is 0. The van der Waals surface area contributed by atoms with E-state index in [9.17, 15) is 0 Å². The van der Waals surface area contributed by atoms with Crippen molar-refractivity contribution >= 4 is 5.69 Å². The van der Waals surface area contributed by atoms with Gasteiger partial charge in [-0.05, 0) is 31.5 Å². The van der Waals surface area contributed by atoms with E-state index in [1.807, 2.05) is 38.1 Å². The number of anilines is 1. The second-order valence-corrected chi connectivity index (χ2v) is 3.88. The number of nitriles is 1. The molecule has 1 rings (SSSR count). The molecular formula is C13H18N2O. The Balaban J connectivity index is 2.30. The molecule has 86 valence electrons. The minimum Gasteiger partial charge on any atom is -0.383 e. The monoisotopic (exact) mass is 218 g/mol. The number of nitrogens with one attached hydrogen (secondary N) is 1. The average molecular weight is 218 g/mol. The van der Waals surface area contributed by atoms with Gasteiger partial charge >= 0.3 is 0 Å². The number of rotatable bonds is 6. The van der Waals surface area contributed by atoms with E-state index in [0.29, 0.717) is 13.0 Å². The number of ether oxygens (including phenoxy) is 1. The lowest BCUT2D eigenvalue weighted by Gasteiger charge is -2.09. The molecule has 0 radical (unpaired) electrons. The molecule has 0 aromatic heterocycles. The van der Waals surface area contributed by atoms with E-state index in [4.69, 9.17) is 10.00 Å². The first-order chi connectivity index (χ1) is 7.72. The fourth-order valence-electron chi connectivity index (χ4n) is 1.32. The molecule has 0 saturated heterocycles. The fraction of sp³-hybridized carbons (Fsp3) is 0.462. The number of hydrogen-bond acceptors (Lipinski definition) is 3. The zero-order valence-electron chi connectivity index (χ0n) is 9.86. The van der Waals surface area contributed by atoms with Gasteiger partial charge in [-0.25, -0.2) is 0 Å². The summed E-state index contributed by atoms with van der Waals surface area (Å²) in [5.41, 5.74) is 2.11. The van der Waals surface area contributed by atoms with Crippen molar-refractivity contribution in [3.63, 3.8) is 0 Å². The van der Waals surface area contributed by atoms with E-state index in [0.717, 1.165) is 17.8 Å². The van der Waals surface area contributed by atoms with Crippen molar-refractivity contribution in [1.29, 1.82) is 5.26 Å². The summed E-state index contributed by atoms with van der Waals surface area (Å²) < 4.78 is 5.42. The lowest BCUT2D eigenvalue weighted by atomic mass is 10.1. The second-order valence-electron chi connectivity index (χ2n) is 3.88. The van der Waals surface area contributed by atoms with Crippen molar-refractivity contribution in [3.05, 3.63) is 29.8 Å². The second kappa shape index (κ2) is 6.86. The van der Waals surface area contributed by atoms with Gasteiger partial charge in [0, 0.05) is 12.2 Å². The molecule has 0 saturated carbocycles. The van der Waals surface area contributed by atoms with Crippen molar-refractivity contribution < 1.29 is 4.74 Å². The lowest BCUT2D eigenvalue weighted by molar-refractivity contribution is 0.0870. The summed E-state index contributed by atoms with van der Waals surface area (Å²) in [4.78, 5) is 0. The molecule has 0 amide bonds. The topological polar surface area (TPSA) is 45.0 Å². The van der Waals surface area contributed by atoms with E-state index >= 15 is 0 Å². The van der Waals surface area contributed by atoms with Crippen molar-refractivity contribution in [2.75, 3.05) is 18.5 Å². The van der Waals surface area contributed by atoms with Crippen LogP contribution in [0.2, 0.25) is 0 Å². The summed E-state index contributed by atoms with van der Waals surface area (Å²) in [6.07, 6.45) is 0.747. The van der Waals surface area contributed by atoms with E-state index < -0.39 is 0 Å². The van der Waals surface area contributed by atoms with Gasteiger partial charge in [0.1, 0.15) is 0 Å². The predicted octanol–water partition coefficient (Wildman–Crippen LogP) is 2.59. The van der Waals surface area contributed by atoms with Crippen molar-refractivity contribution in [3.8, 4) is 6.07 Å². The van der Waals surface area contributed by atoms with Crippen LogP contribution in [0, 0.1) is 11.3 Å². The Morgan fingerprint density at radius 3 is 2.56 bits per heavy atom. The molecule has 0 fully saturated rings. The highest BCUT2D eigenvalue weighted by Gasteiger charge is 1.95. The highest BCUT2D eigenvalue weighted by molar-refractivity contribution is 5.44. The minimum atomic E-state index is 0.278. The summed E-state index contributed by atoms with van der Waals surface area (Å²) in [6, 6.07) is 10.0. The van der Waals surface area contributed by atoms with E-state index in [2.05, 4.69) is 11.4 Å². The van der Waals surface area contributed by atoms with Crippen LogP contribution in [0.25, 0.3) is 0 Å². The standard InChI is InChI=1S/C13H18N2O/c1-11(2)16-10-9-15-13-5-3-12(4-6-13)7-8-14/h3-6,11,15H,7,9-10H2,1-2H3. The van der Waals surface area contributed by atoms with Gasteiger partial charge < -0.3 is 10.1 Å². The summed E-state index contributed by atoms with van der Waals surface area (Å²) in [5, 5.41) is 11.8. The normalized spacial score (nSPS) is 10.1. The van der Waals surface area contributed by atoms with Gasteiger partial charge in [-0.3, -0.25) is 0 Å². The van der Waals surface area contributed by atoms with Crippen LogP contribution in [-0.2, 0) is 11.2 Å². The molecule has 1 N–H and O–H groups in total. The molecule has 1 aromatic carbocycles. The first-order valence-electron chi connectivity index (χ1n) is 5.53. The van der Waals surface area contributed by atoms with Crippen LogP contribution < -0.4 is 5.32 Å². The van der Waals surface area contributed by atoms with E-state index in [1.54, 1.807) is 0 Å². The van der Waals surface area contributed by atoms with Crippen LogP contribution >= 0.6 is 0 Å². The smallest absolute Gasteiger partial charge is 0.0669 e. The van der Waals surface area contributed by atoms with Gasteiger partial charge in [-0.1, -0.05) is 12.1 Å². The van der Waals surface area contributed by atoms with Crippen LogP contribution in [0.5, 0.6) is 0 Å². The number of benzene rings is 1. The molecule has 16 heavy (non-hydrogen) atoms. The maximum absolute atomic E-state index is 8.53. The Hall–Kier alpha value is -1.53. The van der Waals surface area contributed by atoms with Gasteiger partial charge in [-0.2, -0.15) is 5.26 Å². The van der Waals surface area contributed by atoms with Crippen LogP contribution in [0.4, 0.5) is 5.69 Å². The molecule has 0 unspecified atom stereocenters.